The Hall–Kier alpha value is -4.22. The number of pyridine rings is 1. The van der Waals surface area contributed by atoms with Crippen LogP contribution in [0, 0.1) is 5.82 Å². The van der Waals surface area contributed by atoms with Crippen LogP contribution in [0.4, 0.5) is 20.7 Å². The molecular weight excluding hydrogens is 539 g/mol. The van der Waals surface area contributed by atoms with Gasteiger partial charge in [-0.15, -0.1) is 0 Å². The van der Waals surface area contributed by atoms with Gasteiger partial charge in [0.25, 0.3) is 0 Å². The number of urea groups is 1. The van der Waals surface area contributed by atoms with E-state index >= 15 is 0 Å². The Balaban J connectivity index is 1.05. The number of rotatable bonds is 7. The molecule has 1 saturated heterocycles. The third kappa shape index (κ3) is 6.02. The topological polar surface area (TPSA) is 108 Å². The Bertz CT molecular complexity index is 1490. The number of hydrogen-bond acceptors (Lipinski definition) is 7. The number of amides is 3. The molecule has 42 heavy (non-hydrogen) atoms. The molecule has 0 spiro atoms. The van der Waals surface area contributed by atoms with Crippen molar-refractivity contribution in [1.82, 2.24) is 20.1 Å². The number of carbonyl (C=O) groups is 2. The number of ether oxygens (including phenoxy) is 2. The van der Waals surface area contributed by atoms with Crippen molar-refractivity contribution in [3.05, 3.63) is 71.2 Å². The smallest absolute Gasteiger partial charge is 0.322 e. The second kappa shape index (κ2) is 11.9. The number of fused-ring (bicyclic) bond motifs is 2. The molecule has 220 valence electrons. The third-order valence-electron chi connectivity index (χ3n) is 8.17. The second-order valence-corrected chi connectivity index (χ2v) is 10.9. The van der Waals surface area contributed by atoms with Crippen LogP contribution in [-0.4, -0.2) is 65.7 Å². The maximum atomic E-state index is 14.9. The van der Waals surface area contributed by atoms with Crippen molar-refractivity contribution in [3.8, 4) is 17.2 Å². The van der Waals surface area contributed by atoms with Gasteiger partial charge >= 0.3 is 6.03 Å². The van der Waals surface area contributed by atoms with E-state index in [1.54, 1.807) is 30.5 Å². The van der Waals surface area contributed by atoms with E-state index in [9.17, 15) is 14.0 Å². The summed E-state index contributed by atoms with van der Waals surface area (Å²) in [6, 6.07) is 11.6. The zero-order valence-corrected chi connectivity index (χ0v) is 23.8. The van der Waals surface area contributed by atoms with Gasteiger partial charge in [0.2, 0.25) is 5.91 Å². The zero-order valence-electron chi connectivity index (χ0n) is 23.8. The molecule has 2 aromatic carbocycles. The molecule has 1 unspecified atom stereocenters. The van der Waals surface area contributed by atoms with Gasteiger partial charge in [0.1, 0.15) is 28.9 Å². The van der Waals surface area contributed by atoms with Crippen molar-refractivity contribution in [2.24, 2.45) is 0 Å². The average molecular weight is 575 g/mol. The van der Waals surface area contributed by atoms with E-state index in [1.807, 2.05) is 19.1 Å². The van der Waals surface area contributed by atoms with Crippen LogP contribution in [0.5, 0.6) is 17.2 Å². The zero-order chi connectivity index (χ0) is 29.2. The summed E-state index contributed by atoms with van der Waals surface area (Å²) in [6.07, 6.45) is 1.93. The molecule has 3 aliphatic heterocycles. The second-order valence-electron chi connectivity index (χ2n) is 10.9. The number of aromatic nitrogens is 1. The number of anilines is 2. The Morgan fingerprint density at radius 3 is 2.71 bits per heavy atom. The molecule has 1 fully saturated rings. The lowest BCUT2D eigenvalue weighted by Crippen LogP contribution is -2.45. The summed E-state index contributed by atoms with van der Waals surface area (Å²) >= 11 is 0. The summed E-state index contributed by atoms with van der Waals surface area (Å²) in [5, 5.41) is 8.36. The number of hydrogen-bond donors (Lipinski definition) is 3. The Morgan fingerprint density at radius 1 is 1.12 bits per heavy atom. The Kier molecular flexibility index (Phi) is 7.94. The van der Waals surface area contributed by atoms with Gasteiger partial charge in [-0.05, 0) is 49.4 Å². The number of piperazine rings is 1. The molecule has 3 aliphatic rings. The molecule has 0 radical (unpaired) electrons. The standard InChI is InChI=1S/C31H35FN6O4/c1-3-37-12-14-38(15-13-37)18-20-4-5-21(16-25(20)32)34-31(40)36-30-19(2)24-17-22(6-8-26(24)42-30)41-27-10-11-33-29-23(27)7-9-28(39)35-29/h4-6,8,10-11,16-17,19,30H,3,7,9,12-15,18H2,1-2H3,(H,33,35,39)(H2,34,36,40)/t19-,30?/m0/s1. The van der Waals surface area contributed by atoms with Crippen LogP contribution in [0.15, 0.2) is 48.7 Å². The highest BCUT2D eigenvalue weighted by Gasteiger charge is 2.33. The molecule has 1 aromatic heterocycles. The molecule has 10 nitrogen and oxygen atoms in total. The predicted octanol–water partition coefficient (Wildman–Crippen LogP) is 4.68. The van der Waals surface area contributed by atoms with Crippen LogP contribution in [0.2, 0.25) is 0 Å². The van der Waals surface area contributed by atoms with Crippen molar-refractivity contribution in [2.75, 3.05) is 43.4 Å². The van der Waals surface area contributed by atoms with Crippen LogP contribution in [-0.2, 0) is 17.8 Å². The van der Waals surface area contributed by atoms with Gasteiger partial charge < -0.3 is 30.3 Å². The average Bonchev–Trinajstić information content (AvgIpc) is 3.28. The molecular formula is C31H35FN6O4. The lowest BCUT2D eigenvalue weighted by atomic mass is 10.0. The number of halogens is 1. The molecule has 3 amide bonds. The number of benzene rings is 2. The molecule has 2 atom stereocenters. The number of carbonyl (C=O) groups excluding carboxylic acids is 2. The normalized spacial score (nSPS) is 20.2. The highest BCUT2D eigenvalue weighted by molar-refractivity contribution is 5.93. The lowest BCUT2D eigenvalue weighted by molar-refractivity contribution is -0.116. The summed E-state index contributed by atoms with van der Waals surface area (Å²) in [7, 11) is 0. The molecule has 3 aromatic rings. The van der Waals surface area contributed by atoms with Crippen molar-refractivity contribution in [2.45, 2.75) is 45.4 Å². The maximum Gasteiger partial charge on any atom is 0.322 e. The van der Waals surface area contributed by atoms with Crippen LogP contribution in [0.3, 0.4) is 0 Å². The minimum absolute atomic E-state index is 0.0584. The summed E-state index contributed by atoms with van der Waals surface area (Å²) in [5.41, 5.74) is 2.74. The lowest BCUT2D eigenvalue weighted by Gasteiger charge is -2.34. The fraction of sp³-hybridized carbons (Fsp3) is 0.387. The monoisotopic (exact) mass is 574 g/mol. The fourth-order valence-corrected chi connectivity index (χ4v) is 5.64. The number of likely N-dealkylation sites (N-methyl/N-ethyl adjacent to an activating group) is 1. The summed E-state index contributed by atoms with van der Waals surface area (Å²) in [6.45, 7) is 9.50. The Labute approximate surface area is 244 Å². The fourth-order valence-electron chi connectivity index (χ4n) is 5.64. The highest BCUT2D eigenvalue weighted by Crippen LogP contribution is 2.41. The van der Waals surface area contributed by atoms with Crippen molar-refractivity contribution in [1.29, 1.82) is 0 Å². The summed E-state index contributed by atoms with van der Waals surface area (Å²) in [5.74, 6) is 1.87. The molecule has 0 saturated carbocycles. The first-order valence-electron chi connectivity index (χ1n) is 14.4. The van der Waals surface area contributed by atoms with E-state index in [4.69, 9.17) is 9.47 Å². The van der Waals surface area contributed by atoms with Gasteiger partial charge in [-0.2, -0.15) is 0 Å². The van der Waals surface area contributed by atoms with E-state index in [2.05, 4.69) is 37.7 Å². The van der Waals surface area contributed by atoms with Crippen LogP contribution in [0.25, 0.3) is 0 Å². The summed E-state index contributed by atoms with van der Waals surface area (Å²) in [4.78, 5) is 33.4. The first-order valence-corrected chi connectivity index (χ1v) is 14.4. The van der Waals surface area contributed by atoms with Crippen LogP contribution >= 0.6 is 0 Å². The minimum Gasteiger partial charge on any atom is -0.470 e. The molecule has 6 rings (SSSR count). The SMILES string of the molecule is CCN1CCN(Cc2ccc(NC(=O)NC3Oc4ccc(Oc5ccnc6c5CCC(=O)N6)cc4[C@@H]3C)cc2F)CC1. The maximum absolute atomic E-state index is 14.9. The van der Waals surface area contributed by atoms with E-state index in [-0.39, 0.29) is 17.6 Å². The minimum atomic E-state index is -0.606. The first-order chi connectivity index (χ1) is 20.4. The van der Waals surface area contributed by atoms with E-state index < -0.39 is 12.3 Å². The van der Waals surface area contributed by atoms with Gasteiger partial charge in [0.15, 0.2) is 6.23 Å². The number of nitrogens with zero attached hydrogens (tertiary/aromatic N) is 3. The van der Waals surface area contributed by atoms with Crippen molar-refractivity contribution in [3.63, 3.8) is 0 Å². The third-order valence-corrected chi connectivity index (χ3v) is 8.17. The summed E-state index contributed by atoms with van der Waals surface area (Å²) < 4.78 is 27.1. The Morgan fingerprint density at radius 2 is 1.93 bits per heavy atom. The predicted molar refractivity (Wildman–Crippen MR) is 156 cm³/mol. The largest absolute Gasteiger partial charge is 0.470 e. The van der Waals surface area contributed by atoms with Crippen LogP contribution < -0.4 is 25.4 Å². The molecule has 0 aliphatic carbocycles. The first kappa shape index (κ1) is 27.9. The van der Waals surface area contributed by atoms with Gasteiger partial charge in [0.05, 0.1) is 0 Å². The van der Waals surface area contributed by atoms with Crippen LogP contribution in [0.1, 0.15) is 42.9 Å². The van der Waals surface area contributed by atoms with Crippen molar-refractivity contribution < 1.29 is 23.5 Å². The molecule has 4 heterocycles. The van der Waals surface area contributed by atoms with E-state index in [0.717, 1.165) is 43.9 Å². The van der Waals surface area contributed by atoms with E-state index in [1.165, 1.54) is 6.07 Å². The molecule has 11 heteroatoms. The molecule has 0 bridgehead atoms. The van der Waals surface area contributed by atoms with Gasteiger partial charge in [-0.3, -0.25) is 9.69 Å². The number of nitrogens with one attached hydrogen (secondary N) is 3. The van der Waals surface area contributed by atoms with E-state index in [0.29, 0.717) is 53.7 Å². The quantitative estimate of drug-likeness (QED) is 0.376. The molecule has 3 N–H and O–H groups in total. The highest BCUT2D eigenvalue weighted by atomic mass is 19.1. The van der Waals surface area contributed by atoms with Gasteiger partial charge in [0, 0.05) is 73.6 Å². The van der Waals surface area contributed by atoms with Gasteiger partial charge in [-0.25, -0.2) is 14.2 Å². The van der Waals surface area contributed by atoms with Gasteiger partial charge in [-0.1, -0.05) is 19.9 Å². The van der Waals surface area contributed by atoms with Crippen molar-refractivity contribution >= 4 is 23.4 Å².